The molecule has 112 valence electrons. The molecule has 1 atom stereocenters. The molecule has 4 nitrogen and oxygen atoms in total. The molecule has 0 bridgehead atoms. The van der Waals surface area contributed by atoms with Crippen LogP contribution in [0.2, 0.25) is 0 Å². The number of hydrogen-bond donors (Lipinski definition) is 1. The van der Waals surface area contributed by atoms with Gasteiger partial charge in [-0.2, -0.15) is 0 Å². The quantitative estimate of drug-likeness (QED) is 0.831. The fourth-order valence-electron chi connectivity index (χ4n) is 1.99. The van der Waals surface area contributed by atoms with Gasteiger partial charge in [-0.3, -0.25) is 4.79 Å². The van der Waals surface area contributed by atoms with Crippen molar-refractivity contribution in [2.45, 2.75) is 39.3 Å². The minimum atomic E-state index is -0.0346. The highest BCUT2D eigenvalue weighted by Crippen LogP contribution is 2.14. The van der Waals surface area contributed by atoms with E-state index in [-0.39, 0.29) is 11.9 Å². The van der Waals surface area contributed by atoms with Gasteiger partial charge in [0.25, 0.3) is 0 Å². The van der Waals surface area contributed by atoms with Crippen LogP contribution in [0.5, 0.6) is 0 Å². The van der Waals surface area contributed by atoms with Gasteiger partial charge in [-0.1, -0.05) is 19.1 Å². The predicted octanol–water partition coefficient (Wildman–Crippen LogP) is 2.23. The van der Waals surface area contributed by atoms with Gasteiger partial charge in [-0.25, -0.2) is 0 Å². The molecule has 0 saturated carbocycles. The molecule has 0 heterocycles. The Kier molecular flexibility index (Phi) is 6.52. The summed E-state index contributed by atoms with van der Waals surface area (Å²) in [5, 5.41) is 0. The molecule has 1 rings (SSSR count). The molecule has 1 unspecified atom stereocenters. The maximum atomic E-state index is 12.2. The Hall–Kier alpha value is -1.55. The molecule has 1 amide bonds. The van der Waals surface area contributed by atoms with Crippen molar-refractivity contribution in [2.24, 2.45) is 5.73 Å². The highest BCUT2D eigenvalue weighted by molar-refractivity contribution is 5.76. The largest absolute Gasteiger partial charge is 0.378 e. The van der Waals surface area contributed by atoms with Crippen molar-refractivity contribution >= 4 is 11.6 Å². The first-order valence-corrected chi connectivity index (χ1v) is 7.27. The lowest BCUT2D eigenvalue weighted by Gasteiger charge is -2.23. The second-order valence-electron chi connectivity index (χ2n) is 5.34. The van der Waals surface area contributed by atoms with Gasteiger partial charge in [0.05, 0.1) is 0 Å². The van der Waals surface area contributed by atoms with Gasteiger partial charge in [0.2, 0.25) is 5.91 Å². The molecule has 20 heavy (non-hydrogen) atoms. The first-order chi connectivity index (χ1) is 9.47. The van der Waals surface area contributed by atoms with Crippen LogP contribution in [0.1, 0.15) is 32.3 Å². The normalized spacial score (nSPS) is 12.1. The van der Waals surface area contributed by atoms with E-state index in [0.29, 0.717) is 19.5 Å². The summed E-state index contributed by atoms with van der Waals surface area (Å²) in [7, 11) is 4.03. The van der Waals surface area contributed by atoms with Crippen LogP contribution >= 0.6 is 0 Å². The van der Waals surface area contributed by atoms with Crippen LogP contribution in [0, 0.1) is 0 Å². The van der Waals surface area contributed by atoms with Gasteiger partial charge in [0.15, 0.2) is 0 Å². The third-order valence-corrected chi connectivity index (χ3v) is 3.52. The fourth-order valence-corrected chi connectivity index (χ4v) is 1.99. The third kappa shape index (κ3) is 4.85. The average Bonchev–Trinajstić information content (AvgIpc) is 2.44. The van der Waals surface area contributed by atoms with E-state index in [0.717, 1.165) is 17.7 Å². The molecule has 0 spiro atoms. The van der Waals surface area contributed by atoms with Crippen molar-refractivity contribution < 1.29 is 4.79 Å². The molecule has 0 aliphatic carbocycles. The van der Waals surface area contributed by atoms with Crippen LogP contribution in [0.25, 0.3) is 0 Å². The molecule has 4 heteroatoms. The Labute approximate surface area is 122 Å². The van der Waals surface area contributed by atoms with E-state index in [4.69, 9.17) is 5.73 Å². The summed E-state index contributed by atoms with van der Waals surface area (Å²) in [5.74, 6) is 0.138. The number of carbonyl (C=O) groups excluding carboxylic acids is 1. The first kappa shape index (κ1) is 16.5. The van der Waals surface area contributed by atoms with E-state index in [1.807, 2.05) is 32.8 Å². The molecule has 0 fully saturated rings. The molecule has 0 radical (unpaired) electrons. The Bertz CT molecular complexity index is 414. The molecule has 2 N–H and O–H groups in total. The lowest BCUT2D eigenvalue weighted by atomic mass is 10.1. The summed E-state index contributed by atoms with van der Waals surface area (Å²) in [6.07, 6.45) is 1.26. The zero-order valence-corrected chi connectivity index (χ0v) is 13.1. The van der Waals surface area contributed by atoms with Crippen molar-refractivity contribution in [1.29, 1.82) is 0 Å². The Balaban J connectivity index is 2.65. The minimum Gasteiger partial charge on any atom is -0.378 e. The van der Waals surface area contributed by atoms with Crippen LogP contribution in [0.4, 0.5) is 5.69 Å². The molecule has 0 aliphatic heterocycles. The van der Waals surface area contributed by atoms with Crippen molar-refractivity contribution in [3.63, 3.8) is 0 Å². The average molecular weight is 277 g/mol. The molecular weight excluding hydrogens is 250 g/mol. The third-order valence-electron chi connectivity index (χ3n) is 3.52. The highest BCUT2D eigenvalue weighted by atomic mass is 16.2. The SMILES string of the molecule is CCC(N)CC(=O)N(CC)Cc1ccc(N(C)C)cc1. The second kappa shape index (κ2) is 7.90. The number of amides is 1. The molecule has 0 saturated heterocycles. The molecule has 0 aliphatic rings. The summed E-state index contributed by atoms with van der Waals surface area (Å²) >= 11 is 0. The zero-order valence-electron chi connectivity index (χ0n) is 13.1. The van der Waals surface area contributed by atoms with Crippen molar-refractivity contribution in [1.82, 2.24) is 4.90 Å². The standard InChI is InChI=1S/C16H27N3O/c1-5-14(17)11-16(20)19(6-2)12-13-7-9-15(10-8-13)18(3)4/h7-10,14H,5-6,11-12,17H2,1-4H3. The van der Waals surface area contributed by atoms with Crippen LogP contribution in [-0.2, 0) is 11.3 Å². The lowest BCUT2D eigenvalue weighted by molar-refractivity contribution is -0.132. The van der Waals surface area contributed by atoms with Gasteiger partial charge in [0.1, 0.15) is 0 Å². The summed E-state index contributed by atoms with van der Waals surface area (Å²) in [4.78, 5) is 16.1. The summed E-state index contributed by atoms with van der Waals surface area (Å²) < 4.78 is 0. The number of benzene rings is 1. The number of nitrogens with two attached hydrogens (primary N) is 1. The lowest BCUT2D eigenvalue weighted by Crippen LogP contribution is -2.35. The van der Waals surface area contributed by atoms with Gasteiger partial charge in [-0.05, 0) is 31.0 Å². The molecule has 1 aromatic rings. The Morgan fingerprint density at radius 3 is 2.25 bits per heavy atom. The second-order valence-corrected chi connectivity index (χ2v) is 5.34. The number of nitrogens with zero attached hydrogens (tertiary/aromatic N) is 2. The van der Waals surface area contributed by atoms with Crippen LogP contribution in [0.15, 0.2) is 24.3 Å². The van der Waals surface area contributed by atoms with Crippen LogP contribution < -0.4 is 10.6 Å². The number of rotatable bonds is 7. The number of hydrogen-bond acceptors (Lipinski definition) is 3. The van der Waals surface area contributed by atoms with Crippen molar-refractivity contribution in [3.05, 3.63) is 29.8 Å². The van der Waals surface area contributed by atoms with E-state index in [1.54, 1.807) is 0 Å². The van der Waals surface area contributed by atoms with Crippen LogP contribution in [-0.4, -0.2) is 37.5 Å². The number of anilines is 1. The van der Waals surface area contributed by atoms with Crippen molar-refractivity contribution in [3.8, 4) is 0 Å². The smallest absolute Gasteiger partial charge is 0.224 e. The molecule has 1 aromatic carbocycles. The highest BCUT2D eigenvalue weighted by Gasteiger charge is 2.15. The number of carbonyl (C=O) groups is 1. The Morgan fingerprint density at radius 1 is 1.20 bits per heavy atom. The fraction of sp³-hybridized carbons (Fsp3) is 0.562. The Morgan fingerprint density at radius 2 is 1.80 bits per heavy atom. The van der Waals surface area contributed by atoms with E-state index in [2.05, 4.69) is 29.2 Å². The van der Waals surface area contributed by atoms with Crippen molar-refractivity contribution in [2.75, 3.05) is 25.5 Å². The molecular formula is C16H27N3O. The topological polar surface area (TPSA) is 49.6 Å². The monoisotopic (exact) mass is 277 g/mol. The maximum Gasteiger partial charge on any atom is 0.224 e. The van der Waals surface area contributed by atoms with E-state index in [9.17, 15) is 4.79 Å². The van der Waals surface area contributed by atoms with E-state index < -0.39 is 0 Å². The van der Waals surface area contributed by atoms with E-state index >= 15 is 0 Å². The maximum absolute atomic E-state index is 12.2. The van der Waals surface area contributed by atoms with Gasteiger partial charge >= 0.3 is 0 Å². The molecule has 0 aromatic heterocycles. The van der Waals surface area contributed by atoms with Gasteiger partial charge in [0, 0.05) is 45.3 Å². The van der Waals surface area contributed by atoms with Gasteiger partial charge in [-0.15, -0.1) is 0 Å². The minimum absolute atomic E-state index is 0.0346. The van der Waals surface area contributed by atoms with Gasteiger partial charge < -0.3 is 15.5 Å². The first-order valence-electron chi connectivity index (χ1n) is 7.27. The summed E-state index contributed by atoms with van der Waals surface area (Å²) in [6.45, 7) is 5.38. The summed E-state index contributed by atoms with van der Waals surface area (Å²) in [6, 6.07) is 8.26. The predicted molar refractivity (Wildman–Crippen MR) is 84.7 cm³/mol. The zero-order chi connectivity index (χ0) is 15.1. The summed E-state index contributed by atoms with van der Waals surface area (Å²) in [5.41, 5.74) is 8.17. The van der Waals surface area contributed by atoms with E-state index in [1.165, 1.54) is 0 Å². The van der Waals surface area contributed by atoms with Crippen LogP contribution in [0.3, 0.4) is 0 Å².